The predicted octanol–water partition coefficient (Wildman–Crippen LogP) is 8.53. The van der Waals surface area contributed by atoms with Crippen molar-refractivity contribution in [3.8, 4) is 17.0 Å². The minimum absolute atomic E-state index is 0.195. The van der Waals surface area contributed by atoms with Gasteiger partial charge in [-0.25, -0.2) is 0 Å². The van der Waals surface area contributed by atoms with Crippen LogP contribution in [-0.4, -0.2) is 22.8 Å². The number of hydrogen-bond donors (Lipinski definition) is 1. The van der Waals surface area contributed by atoms with Crippen molar-refractivity contribution < 1.29 is 9.84 Å². The lowest BCUT2D eigenvalue weighted by Gasteiger charge is -2.10. The van der Waals surface area contributed by atoms with Crippen molar-refractivity contribution in [3.63, 3.8) is 0 Å². The smallest absolute Gasteiger partial charge is 0.119 e. The molecular weight excluding hydrogens is 406 g/mol. The van der Waals surface area contributed by atoms with E-state index in [-0.39, 0.29) is 6.10 Å². The van der Waals surface area contributed by atoms with Crippen LogP contribution in [0.25, 0.3) is 11.3 Å². The third-order valence-corrected chi connectivity index (χ3v) is 6.40. The molecular formula is C30H47NO2. The number of aromatic nitrogens is 1. The molecule has 3 nitrogen and oxygen atoms in total. The van der Waals surface area contributed by atoms with Crippen molar-refractivity contribution in [2.75, 3.05) is 6.61 Å². The number of hydrogen-bond acceptors (Lipinski definition) is 3. The maximum absolute atomic E-state index is 10.2. The maximum Gasteiger partial charge on any atom is 0.119 e. The van der Waals surface area contributed by atoms with Gasteiger partial charge in [0.2, 0.25) is 0 Å². The lowest BCUT2D eigenvalue weighted by Crippen LogP contribution is -2.07. The number of aryl methyl sites for hydroxylation is 1. The van der Waals surface area contributed by atoms with E-state index < -0.39 is 0 Å². The van der Waals surface area contributed by atoms with Gasteiger partial charge in [0.15, 0.2) is 0 Å². The molecule has 0 saturated heterocycles. The molecule has 0 saturated carbocycles. The highest BCUT2D eigenvalue weighted by Gasteiger charge is 2.06. The SMILES string of the molecule is CCCCCCCCCCOc1ccc(-c2ccc(CCC(O)CCCCCC)cn2)cc1. The van der Waals surface area contributed by atoms with Gasteiger partial charge in [-0.05, 0) is 61.6 Å². The van der Waals surface area contributed by atoms with Crippen LogP contribution >= 0.6 is 0 Å². The van der Waals surface area contributed by atoms with Gasteiger partial charge in [-0.2, -0.15) is 0 Å². The van der Waals surface area contributed by atoms with Gasteiger partial charge in [-0.3, -0.25) is 4.98 Å². The van der Waals surface area contributed by atoms with Crippen molar-refractivity contribution in [3.05, 3.63) is 48.2 Å². The fourth-order valence-electron chi connectivity index (χ4n) is 4.18. The van der Waals surface area contributed by atoms with Gasteiger partial charge in [0.25, 0.3) is 0 Å². The largest absolute Gasteiger partial charge is 0.494 e. The van der Waals surface area contributed by atoms with E-state index in [4.69, 9.17) is 4.74 Å². The molecule has 0 bridgehead atoms. The van der Waals surface area contributed by atoms with Crippen molar-refractivity contribution >= 4 is 0 Å². The number of aliphatic hydroxyl groups is 1. The normalized spacial score (nSPS) is 12.1. The van der Waals surface area contributed by atoms with E-state index in [1.54, 1.807) is 0 Å². The van der Waals surface area contributed by atoms with Gasteiger partial charge in [-0.1, -0.05) is 90.5 Å². The number of rotatable bonds is 19. The summed E-state index contributed by atoms with van der Waals surface area (Å²) in [4.78, 5) is 4.64. The number of aliphatic hydroxyl groups excluding tert-OH is 1. The first kappa shape index (κ1) is 27.4. The summed E-state index contributed by atoms with van der Waals surface area (Å²) in [5.41, 5.74) is 3.28. The Kier molecular flexibility index (Phi) is 14.6. The molecule has 0 aliphatic carbocycles. The Morgan fingerprint density at radius 3 is 2.00 bits per heavy atom. The molecule has 0 fully saturated rings. The molecule has 1 N–H and O–H groups in total. The van der Waals surface area contributed by atoms with Gasteiger partial charge in [0.05, 0.1) is 18.4 Å². The zero-order valence-corrected chi connectivity index (χ0v) is 21.2. The number of nitrogens with zero attached hydrogens (tertiary/aromatic N) is 1. The van der Waals surface area contributed by atoms with Crippen LogP contribution in [0.2, 0.25) is 0 Å². The van der Waals surface area contributed by atoms with Crippen LogP contribution in [0.15, 0.2) is 42.6 Å². The first-order valence-electron chi connectivity index (χ1n) is 13.6. The van der Waals surface area contributed by atoms with E-state index in [0.717, 1.165) is 55.7 Å². The van der Waals surface area contributed by atoms with Crippen LogP contribution < -0.4 is 4.74 Å². The highest BCUT2D eigenvalue weighted by molar-refractivity contribution is 5.60. The third-order valence-electron chi connectivity index (χ3n) is 6.40. The van der Waals surface area contributed by atoms with Crippen molar-refractivity contribution in [2.45, 2.75) is 116 Å². The van der Waals surface area contributed by atoms with E-state index >= 15 is 0 Å². The van der Waals surface area contributed by atoms with Crippen LogP contribution in [0.1, 0.15) is 109 Å². The van der Waals surface area contributed by atoms with Crippen LogP contribution in [0, 0.1) is 0 Å². The molecule has 1 unspecified atom stereocenters. The molecule has 1 atom stereocenters. The molecule has 3 heteroatoms. The average molecular weight is 454 g/mol. The zero-order chi connectivity index (χ0) is 23.6. The van der Waals surface area contributed by atoms with Crippen molar-refractivity contribution in [1.82, 2.24) is 4.98 Å². The summed E-state index contributed by atoms with van der Waals surface area (Å²) in [5, 5.41) is 10.2. The summed E-state index contributed by atoms with van der Waals surface area (Å²) in [7, 11) is 0. The van der Waals surface area contributed by atoms with Gasteiger partial charge in [-0.15, -0.1) is 0 Å². The molecule has 2 aromatic rings. The summed E-state index contributed by atoms with van der Waals surface area (Å²) in [5.74, 6) is 0.936. The first-order chi connectivity index (χ1) is 16.2. The fourth-order valence-corrected chi connectivity index (χ4v) is 4.18. The van der Waals surface area contributed by atoms with E-state index in [1.165, 1.54) is 69.8 Å². The Bertz CT molecular complexity index is 711. The number of ether oxygens (including phenoxy) is 1. The molecule has 1 heterocycles. The molecule has 0 radical (unpaired) electrons. The van der Waals surface area contributed by atoms with E-state index in [9.17, 15) is 5.11 Å². The average Bonchev–Trinajstić information content (AvgIpc) is 2.85. The highest BCUT2D eigenvalue weighted by Crippen LogP contribution is 2.22. The van der Waals surface area contributed by atoms with Gasteiger partial charge >= 0.3 is 0 Å². The van der Waals surface area contributed by atoms with E-state index in [1.807, 2.05) is 18.3 Å². The van der Waals surface area contributed by atoms with Gasteiger partial charge in [0.1, 0.15) is 5.75 Å². The Hall–Kier alpha value is -1.87. The Labute approximate surface area is 203 Å². The Morgan fingerprint density at radius 2 is 1.36 bits per heavy atom. The summed E-state index contributed by atoms with van der Waals surface area (Å²) in [6.07, 6.45) is 19.8. The maximum atomic E-state index is 10.2. The summed E-state index contributed by atoms with van der Waals surface area (Å²) in [6.45, 7) is 5.28. The number of benzene rings is 1. The van der Waals surface area contributed by atoms with Gasteiger partial charge in [0, 0.05) is 11.8 Å². The first-order valence-corrected chi connectivity index (χ1v) is 13.6. The fraction of sp³-hybridized carbons (Fsp3) is 0.633. The standard InChI is InChI=1S/C30H47NO2/c1-3-5-7-9-10-11-12-14-24-33-29-21-18-27(19-22-29)30-23-17-26(25-31-30)16-20-28(32)15-13-8-6-4-2/h17-19,21-23,25,28,32H,3-16,20,24H2,1-2H3. The van der Waals surface area contributed by atoms with Crippen molar-refractivity contribution in [2.24, 2.45) is 0 Å². The lowest BCUT2D eigenvalue weighted by molar-refractivity contribution is 0.151. The third kappa shape index (κ3) is 12.2. The second kappa shape index (κ2) is 17.6. The second-order valence-corrected chi connectivity index (χ2v) is 9.44. The Balaban J connectivity index is 1.64. The van der Waals surface area contributed by atoms with Crippen LogP contribution in [-0.2, 0) is 6.42 Å². The summed E-state index contributed by atoms with van der Waals surface area (Å²) < 4.78 is 5.91. The second-order valence-electron chi connectivity index (χ2n) is 9.44. The van der Waals surface area contributed by atoms with Gasteiger partial charge < -0.3 is 9.84 Å². The number of pyridine rings is 1. The molecule has 2 rings (SSSR count). The molecule has 1 aromatic heterocycles. The van der Waals surface area contributed by atoms with Crippen molar-refractivity contribution in [1.29, 1.82) is 0 Å². The summed E-state index contributed by atoms with van der Waals surface area (Å²) in [6, 6.07) is 12.5. The minimum atomic E-state index is -0.195. The number of unbranched alkanes of at least 4 members (excludes halogenated alkanes) is 10. The topological polar surface area (TPSA) is 42.4 Å². The molecule has 0 aliphatic rings. The molecule has 33 heavy (non-hydrogen) atoms. The van der Waals surface area contributed by atoms with Crippen LogP contribution in [0.4, 0.5) is 0 Å². The lowest BCUT2D eigenvalue weighted by atomic mass is 10.0. The molecule has 0 amide bonds. The monoisotopic (exact) mass is 453 g/mol. The van der Waals surface area contributed by atoms with Crippen LogP contribution in [0.3, 0.4) is 0 Å². The molecule has 184 valence electrons. The predicted molar refractivity (Wildman–Crippen MR) is 141 cm³/mol. The molecule has 1 aromatic carbocycles. The highest BCUT2D eigenvalue weighted by atomic mass is 16.5. The quantitative estimate of drug-likeness (QED) is 0.217. The summed E-state index contributed by atoms with van der Waals surface area (Å²) >= 11 is 0. The van der Waals surface area contributed by atoms with E-state index in [2.05, 4.69) is 43.1 Å². The van der Waals surface area contributed by atoms with Crippen LogP contribution in [0.5, 0.6) is 5.75 Å². The molecule has 0 spiro atoms. The minimum Gasteiger partial charge on any atom is -0.494 e. The van der Waals surface area contributed by atoms with E-state index in [0.29, 0.717) is 0 Å². The Morgan fingerprint density at radius 1 is 0.727 bits per heavy atom. The molecule has 0 aliphatic heterocycles. The zero-order valence-electron chi connectivity index (χ0n) is 21.2.